The number of benzene rings is 1. The summed E-state index contributed by atoms with van der Waals surface area (Å²) < 4.78 is 16.8. The van der Waals surface area contributed by atoms with Gasteiger partial charge in [-0.1, -0.05) is 6.07 Å². The molecule has 0 radical (unpaired) electrons. The van der Waals surface area contributed by atoms with Gasteiger partial charge in [-0.15, -0.1) is 0 Å². The Morgan fingerprint density at radius 3 is 2.88 bits per heavy atom. The van der Waals surface area contributed by atoms with Crippen molar-refractivity contribution in [2.75, 3.05) is 26.8 Å². The number of likely N-dealkylation sites (tertiary alicyclic amines) is 1. The van der Waals surface area contributed by atoms with Gasteiger partial charge < -0.3 is 19.0 Å². The molecule has 26 heavy (non-hydrogen) atoms. The molecule has 3 rings (SSSR count). The van der Waals surface area contributed by atoms with Crippen LogP contribution in [-0.4, -0.2) is 42.8 Å². The first-order chi connectivity index (χ1) is 12.6. The van der Waals surface area contributed by atoms with Gasteiger partial charge in [0.15, 0.2) is 11.5 Å². The molecule has 1 fully saturated rings. The molecule has 2 heterocycles. The number of aliphatic carboxylic acids is 1. The Morgan fingerprint density at radius 2 is 2.23 bits per heavy atom. The molecule has 1 N–H and O–H groups in total. The summed E-state index contributed by atoms with van der Waals surface area (Å²) in [5.41, 5.74) is 0.996. The molecule has 2 atom stereocenters. The number of hydrogen-bond acceptors (Lipinski definition) is 5. The maximum Gasteiger partial charge on any atom is 0.307 e. The Morgan fingerprint density at radius 1 is 1.38 bits per heavy atom. The van der Waals surface area contributed by atoms with Crippen molar-refractivity contribution in [2.45, 2.75) is 25.8 Å². The van der Waals surface area contributed by atoms with Crippen molar-refractivity contribution in [3.05, 3.63) is 47.9 Å². The Labute approximate surface area is 153 Å². The molecule has 0 amide bonds. The molecule has 0 bridgehead atoms. The van der Waals surface area contributed by atoms with Crippen LogP contribution in [0.15, 0.2) is 41.0 Å². The molecule has 1 aliphatic rings. The van der Waals surface area contributed by atoms with Gasteiger partial charge in [0.2, 0.25) is 0 Å². The molecular formula is C20H25NO5. The van der Waals surface area contributed by atoms with Crippen LogP contribution in [0.3, 0.4) is 0 Å². The van der Waals surface area contributed by atoms with Crippen molar-refractivity contribution >= 4 is 5.97 Å². The van der Waals surface area contributed by atoms with E-state index in [2.05, 4.69) is 4.90 Å². The lowest BCUT2D eigenvalue weighted by atomic mass is 9.93. The summed E-state index contributed by atoms with van der Waals surface area (Å²) in [6.07, 6.45) is 3.21. The van der Waals surface area contributed by atoms with Gasteiger partial charge in [-0.2, -0.15) is 0 Å². The Bertz CT molecular complexity index is 728. The number of carboxylic acid groups (broad SMARTS) is 1. The van der Waals surface area contributed by atoms with E-state index in [1.165, 1.54) is 0 Å². The summed E-state index contributed by atoms with van der Waals surface area (Å²) in [6, 6.07) is 9.46. The third kappa shape index (κ3) is 3.85. The number of carbonyl (C=O) groups is 1. The van der Waals surface area contributed by atoms with Crippen molar-refractivity contribution in [3.8, 4) is 11.5 Å². The minimum absolute atomic E-state index is 0.155. The van der Waals surface area contributed by atoms with Gasteiger partial charge in [-0.05, 0) is 56.1 Å². The fourth-order valence-corrected chi connectivity index (χ4v) is 3.58. The molecule has 140 valence electrons. The van der Waals surface area contributed by atoms with E-state index in [1.807, 2.05) is 37.3 Å². The van der Waals surface area contributed by atoms with Crippen molar-refractivity contribution in [1.82, 2.24) is 4.90 Å². The Balaban J connectivity index is 1.97. The first-order valence-electron chi connectivity index (χ1n) is 8.95. The maximum atomic E-state index is 11.5. The second-order valence-corrected chi connectivity index (χ2v) is 6.43. The molecule has 0 saturated carbocycles. The van der Waals surface area contributed by atoms with Gasteiger partial charge in [0.1, 0.15) is 5.76 Å². The van der Waals surface area contributed by atoms with Crippen LogP contribution in [0.25, 0.3) is 0 Å². The number of rotatable bonds is 7. The lowest BCUT2D eigenvalue weighted by molar-refractivity contribution is -0.143. The molecule has 1 aromatic heterocycles. The van der Waals surface area contributed by atoms with Gasteiger partial charge in [-0.3, -0.25) is 9.69 Å². The summed E-state index contributed by atoms with van der Waals surface area (Å²) in [7, 11) is 1.61. The molecule has 1 aromatic carbocycles. The molecule has 2 aromatic rings. The Hall–Kier alpha value is -2.47. The van der Waals surface area contributed by atoms with E-state index in [-0.39, 0.29) is 12.0 Å². The lowest BCUT2D eigenvalue weighted by Crippen LogP contribution is -2.41. The summed E-state index contributed by atoms with van der Waals surface area (Å²) >= 11 is 0. The van der Waals surface area contributed by atoms with Crippen LogP contribution in [-0.2, 0) is 4.79 Å². The molecule has 6 nitrogen and oxygen atoms in total. The highest BCUT2D eigenvalue weighted by molar-refractivity contribution is 5.70. The maximum absolute atomic E-state index is 11.5. The van der Waals surface area contributed by atoms with Gasteiger partial charge in [0.25, 0.3) is 0 Å². The van der Waals surface area contributed by atoms with Gasteiger partial charge in [-0.25, -0.2) is 0 Å². The van der Waals surface area contributed by atoms with Crippen molar-refractivity contribution in [1.29, 1.82) is 0 Å². The van der Waals surface area contributed by atoms with E-state index in [1.54, 1.807) is 13.4 Å². The van der Waals surface area contributed by atoms with E-state index in [0.717, 1.165) is 24.3 Å². The van der Waals surface area contributed by atoms with Crippen LogP contribution in [0.1, 0.15) is 37.1 Å². The van der Waals surface area contributed by atoms with Gasteiger partial charge >= 0.3 is 5.97 Å². The van der Waals surface area contributed by atoms with E-state index >= 15 is 0 Å². The summed E-state index contributed by atoms with van der Waals surface area (Å²) in [4.78, 5) is 13.7. The van der Waals surface area contributed by atoms with Crippen LogP contribution in [0.4, 0.5) is 0 Å². The number of ether oxygens (including phenoxy) is 2. The fourth-order valence-electron chi connectivity index (χ4n) is 3.58. The number of hydrogen-bond donors (Lipinski definition) is 1. The minimum atomic E-state index is -0.738. The first-order valence-corrected chi connectivity index (χ1v) is 8.95. The number of furan rings is 1. The second kappa shape index (κ2) is 8.27. The number of piperidine rings is 1. The highest BCUT2D eigenvalue weighted by Gasteiger charge is 2.33. The van der Waals surface area contributed by atoms with Gasteiger partial charge in [0, 0.05) is 6.54 Å². The first kappa shape index (κ1) is 18.3. The normalized spacial score (nSPS) is 19.1. The summed E-state index contributed by atoms with van der Waals surface area (Å²) in [6.45, 7) is 3.79. The average Bonchev–Trinajstić information content (AvgIpc) is 3.17. The highest BCUT2D eigenvalue weighted by atomic mass is 16.5. The number of carboxylic acids is 1. The van der Waals surface area contributed by atoms with E-state index < -0.39 is 5.97 Å². The molecule has 2 unspecified atom stereocenters. The van der Waals surface area contributed by atoms with Crippen molar-refractivity contribution in [2.24, 2.45) is 5.92 Å². The van der Waals surface area contributed by atoms with E-state index in [4.69, 9.17) is 13.9 Å². The smallest absolute Gasteiger partial charge is 0.307 e. The summed E-state index contributed by atoms with van der Waals surface area (Å²) in [5, 5.41) is 9.43. The molecule has 0 spiro atoms. The largest absolute Gasteiger partial charge is 0.493 e. The second-order valence-electron chi connectivity index (χ2n) is 6.43. The van der Waals surface area contributed by atoms with Crippen molar-refractivity contribution < 1.29 is 23.8 Å². The standard InChI is InChI=1S/C20H25NO5/c1-3-25-18-12-14(8-9-16(18)24-2)19(17-7-5-11-26-17)21-10-4-6-15(13-21)20(22)23/h5,7-9,11-12,15,19H,3-4,6,10,13H2,1-2H3,(H,22,23). The van der Waals surface area contributed by atoms with Crippen LogP contribution < -0.4 is 9.47 Å². The predicted octanol–water partition coefficient (Wildman–Crippen LogP) is 3.57. The van der Waals surface area contributed by atoms with Crippen LogP contribution >= 0.6 is 0 Å². The zero-order valence-electron chi connectivity index (χ0n) is 15.2. The lowest BCUT2D eigenvalue weighted by Gasteiger charge is -2.36. The zero-order chi connectivity index (χ0) is 18.5. The monoisotopic (exact) mass is 359 g/mol. The quantitative estimate of drug-likeness (QED) is 0.815. The van der Waals surface area contributed by atoms with Crippen LogP contribution in [0.2, 0.25) is 0 Å². The SMILES string of the molecule is CCOc1cc(C(c2ccco2)N2CCCC(C(=O)O)C2)ccc1OC. The zero-order valence-corrected chi connectivity index (χ0v) is 15.2. The molecule has 6 heteroatoms. The third-order valence-electron chi connectivity index (χ3n) is 4.78. The topological polar surface area (TPSA) is 72.1 Å². The van der Waals surface area contributed by atoms with Crippen molar-refractivity contribution in [3.63, 3.8) is 0 Å². The highest BCUT2D eigenvalue weighted by Crippen LogP contribution is 2.37. The minimum Gasteiger partial charge on any atom is -0.493 e. The van der Waals surface area contributed by atoms with Gasteiger partial charge in [0.05, 0.1) is 31.9 Å². The Kier molecular flexibility index (Phi) is 5.83. The molecule has 1 saturated heterocycles. The van der Waals surface area contributed by atoms with E-state index in [9.17, 15) is 9.90 Å². The van der Waals surface area contributed by atoms with Crippen LogP contribution in [0, 0.1) is 5.92 Å². The molecule has 1 aliphatic heterocycles. The number of methoxy groups -OCH3 is 1. The third-order valence-corrected chi connectivity index (χ3v) is 4.78. The number of nitrogens with zero attached hydrogens (tertiary/aromatic N) is 1. The predicted molar refractivity (Wildman–Crippen MR) is 96.6 cm³/mol. The summed E-state index contributed by atoms with van der Waals surface area (Å²) in [5.74, 6) is 1.05. The van der Waals surface area contributed by atoms with Crippen LogP contribution in [0.5, 0.6) is 11.5 Å². The average molecular weight is 359 g/mol. The fraction of sp³-hybridized carbons (Fsp3) is 0.450. The molecular weight excluding hydrogens is 334 g/mol. The van der Waals surface area contributed by atoms with E-state index in [0.29, 0.717) is 31.1 Å². The molecule has 0 aliphatic carbocycles.